The Hall–Kier alpha value is -1.14. The molecule has 2 N–H and O–H groups in total. The fraction of sp³-hybridized carbons (Fsp3) is 0.833. The van der Waals surface area contributed by atoms with Crippen LogP contribution in [0.2, 0.25) is 0 Å². The van der Waals surface area contributed by atoms with Crippen molar-refractivity contribution in [2.75, 3.05) is 19.7 Å². The lowest BCUT2D eigenvalue weighted by atomic mass is 9.94. The van der Waals surface area contributed by atoms with Crippen molar-refractivity contribution < 1.29 is 24.5 Å². The van der Waals surface area contributed by atoms with Crippen LogP contribution in [0.1, 0.15) is 26.7 Å². The minimum atomic E-state index is -0.996. The van der Waals surface area contributed by atoms with Gasteiger partial charge in [0.2, 0.25) is 0 Å². The lowest BCUT2D eigenvalue weighted by Gasteiger charge is -2.37. The molecule has 6 nitrogen and oxygen atoms in total. The molecular formula is C12H21NO5. The summed E-state index contributed by atoms with van der Waals surface area (Å²) in [7, 11) is 0. The van der Waals surface area contributed by atoms with Crippen LogP contribution >= 0.6 is 0 Å². The lowest BCUT2D eigenvalue weighted by Crippen LogP contribution is -2.47. The number of aliphatic carboxylic acids is 2. The highest BCUT2D eigenvalue weighted by Crippen LogP contribution is 2.23. The van der Waals surface area contributed by atoms with E-state index in [0.29, 0.717) is 25.4 Å². The summed E-state index contributed by atoms with van der Waals surface area (Å²) in [6.45, 7) is 4.18. The van der Waals surface area contributed by atoms with E-state index in [9.17, 15) is 9.59 Å². The molecule has 0 aromatic heterocycles. The molecule has 2 atom stereocenters. The van der Waals surface area contributed by atoms with Gasteiger partial charge in [0.15, 0.2) is 0 Å². The monoisotopic (exact) mass is 259 g/mol. The van der Waals surface area contributed by atoms with Gasteiger partial charge in [-0.15, -0.1) is 0 Å². The molecule has 104 valence electrons. The van der Waals surface area contributed by atoms with E-state index < -0.39 is 11.9 Å². The lowest BCUT2D eigenvalue weighted by molar-refractivity contribution is -0.144. The van der Waals surface area contributed by atoms with Crippen LogP contribution in [0.15, 0.2) is 0 Å². The molecule has 1 rings (SSSR count). The SMILES string of the molecule is CC(C)C1CC(N(CC(=O)O)CC(=O)O)CCO1. The van der Waals surface area contributed by atoms with Crippen LogP contribution in [0.5, 0.6) is 0 Å². The van der Waals surface area contributed by atoms with Gasteiger partial charge in [0, 0.05) is 12.6 Å². The molecule has 0 spiro atoms. The zero-order valence-corrected chi connectivity index (χ0v) is 10.8. The quantitative estimate of drug-likeness (QED) is 0.728. The molecule has 6 heteroatoms. The molecule has 1 aliphatic rings. The second kappa shape index (κ2) is 6.70. The first-order chi connectivity index (χ1) is 8.40. The fourth-order valence-corrected chi connectivity index (χ4v) is 2.27. The average molecular weight is 259 g/mol. The summed E-state index contributed by atoms with van der Waals surface area (Å²) in [5.41, 5.74) is 0. The normalized spacial score (nSPS) is 24.4. The predicted molar refractivity (Wildman–Crippen MR) is 64.4 cm³/mol. The number of ether oxygens (including phenoxy) is 1. The van der Waals surface area contributed by atoms with Gasteiger partial charge in [0.05, 0.1) is 19.2 Å². The number of carboxylic acid groups (broad SMARTS) is 2. The first-order valence-electron chi connectivity index (χ1n) is 6.19. The Morgan fingerprint density at radius 3 is 2.28 bits per heavy atom. The van der Waals surface area contributed by atoms with Crippen LogP contribution in [0, 0.1) is 5.92 Å². The molecule has 0 amide bonds. The molecule has 0 saturated carbocycles. The second-order valence-corrected chi connectivity index (χ2v) is 5.02. The van der Waals surface area contributed by atoms with Crippen LogP contribution in [-0.4, -0.2) is 58.9 Å². The van der Waals surface area contributed by atoms with Crippen molar-refractivity contribution in [2.45, 2.75) is 38.8 Å². The van der Waals surface area contributed by atoms with E-state index in [1.54, 1.807) is 0 Å². The Morgan fingerprint density at radius 1 is 1.28 bits per heavy atom. The molecule has 0 bridgehead atoms. The summed E-state index contributed by atoms with van der Waals surface area (Å²) in [6, 6.07) is -0.0293. The van der Waals surface area contributed by atoms with E-state index in [1.165, 1.54) is 4.90 Å². The minimum Gasteiger partial charge on any atom is -0.480 e. The topological polar surface area (TPSA) is 87.1 Å². The van der Waals surface area contributed by atoms with E-state index in [0.717, 1.165) is 0 Å². The van der Waals surface area contributed by atoms with Gasteiger partial charge in [0.1, 0.15) is 0 Å². The molecule has 18 heavy (non-hydrogen) atoms. The molecule has 1 fully saturated rings. The average Bonchev–Trinajstić information content (AvgIpc) is 2.27. The summed E-state index contributed by atoms with van der Waals surface area (Å²) in [5.74, 6) is -1.64. The standard InChI is InChI=1S/C12H21NO5/c1-8(2)10-5-9(3-4-18-10)13(6-11(14)15)7-12(16)17/h8-10H,3-7H2,1-2H3,(H,14,15)(H,16,17). The Morgan fingerprint density at radius 2 is 1.83 bits per heavy atom. The minimum absolute atomic E-state index is 0.0293. The Labute approximate surface area is 107 Å². The van der Waals surface area contributed by atoms with Gasteiger partial charge in [-0.2, -0.15) is 0 Å². The molecule has 1 heterocycles. The highest BCUT2D eigenvalue weighted by atomic mass is 16.5. The summed E-state index contributed by atoms with van der Waals surface area (Å²) in [4.78, 5) is 23.1. The van der Waals surface area contributed by atoms with Gasteiger partial charge in [-0.3, -0.25) is 14.5 Å². The van der Waals surface area contributed by atoms with Crippen LogP contribution in [-0.2, 0) is 14.3 Å². The Bertz CT molecular complexity index is 289. The highest BCUT2D eigenvalue weighted by Gasteiger charge is 2.30. The predicted octanol–water partition coefficient (Wildman–Crippen LogP) is 0.661. The van der Waals surface area contributed by atoms with Gasteiger partial charge >= 0.3 is 11.9 Å². The summed E-state index contributed by atoms with van der Waals surface area (Å²) < 4.78 is 5.61. The van der Waals surface area contributed by atoms with Crippen LogP contribution in [0.25, 0.3) is 0 Å². The van der Waals surface area contributed by atoms with Gasteiger partial charge < -0.3 is 14.9 Å². The van der Waals surface area contributed by atoms with Crippen molar-refractivity contribution >= 4 is 11.9 Å². The molecule has 1 saturated heterocycles. The smallest absolute Gasteiger partial charge is 0.317 e. The maximum atomic E-state index is 10.8. The maximum Gasteiger partial charge on any atom is 0.317 e. The van der Waals surface area contributed by atoms with Crippen molar-refractivity contribution in [3.63, 3.8) is 0 Å². The van der Waals surface area contributed by atoms with E-state index in [1.807, 2.05) is 13.8 Å². The maximum absolute atomic E-state index is 10.8. The van der Waals surface area contributed by atoms with E-state index in [4.69, 9.17) is 14.9 Å². The Kier molecular flexibility index (Phi) is 5.55. The first kappa shape index (κ1) is 14.9. The molecule has 0 aromatic carbocycles. The molecule has 1 aliphatic heterocycles. The van der Waals surface area contributed by atoms with Crippen LogP contribution in [0.4, 0.5) is 0 Å². The van der Waals surface area contributed by atoms with Crippen LogP contribution in [0.3, 0.4) is 0 Å². The Balaban J connectivity index is 2.65. The van der Waals surface area contributed by atoms with Crippen molar-refractivity contribution in [1.82, 2.24) is 4.90 Å². The largest absolute Gasteiger partial charge is 0.480 e. The third-order valence-electron chi connectivity index (χ3n) is 3.22. The zero-order chi connectivity index (χ0) is 13.7. The second-order valence-electron chi connectivity index (χ2n) is 5.02. The van der Waals surface area contributed by atoms with E-state index >= 15 is 0 Å². The summed E-state index contributed by atoms with van der Waals surface area (Å²) in [6.07, 6.45) is 1.45. The number of carbonyl (C=O) groups is 2. The van der Waals surface area contributed by atoms with Crippen LogP contribution < -0.4 is 0 Å². The number of carboxylic acids is 2. The van der Waals surface area contributed by atoms with E-state index in [2.05, 4.69) is 0 Å². The van der Waals surface area contributed by atoms with Crippen molar-refractivity contribution in [3.8, 4) is 0 Å². The first-order valence-corrected chi connectivity index (χ1v) is 6.19. The summed E-state index contributed by atoms with van der Waals surface area (Å²) >= 11 is 0. The van der Waals surface area contributed by atoms with E-state index in [-0.39, 0.29) is 25.2 Å². The third kappa shape index (κ3) is 4.62. The number of nitrogens with zero attached hydrogens (tertiary/aromatic N) is 1. The van der Waals surface area contributed by atoms with Gasteiger partial charge in [-0.25, -0.2) is 0 Å². The number of hydrogen-bond donors (Lipinski definition) is 2. The molecule has 2 unspecified atom stereocenters. The fourth-order valence-electron chi connectivity index (χ4n) is 2.27. The molecule has 0 aromatic rings. The highest BCUT2D eigenvalue weighted by molar-refractivity contribution is 5.72. The zero-order valence-electron chi connectivity index (χ0n) is 10.8. The van der Waals surface area contributed by atoms with Gasteiger partial charge in [0.25, 0.3) is 0 Å². The van der Waals surface area contributed by atoms with Gasteiger partial charge in [-0.1, -0.05) is 13.8 Å². The third-order valence-corrected chi connectivity index (χ3v) is 3.22. The summed E-state index contributed by atoms with van der Waals surface area (Å²) in [5, 5.41) is 17.7. The van der Waals surface area contributed by atoms with Crippen molar-refractivity contribution in [2.24, 2.45) is 5.92 Å². The van der Waals surface area contributed by atoms with Gasteiger partial charge in [-0.05, 0) is 18.8 Å². The number of rotatable bonds is 6. The van der Waals surface area contributed by atoms with Crippen molar-refractivity contribution in [3.05, 3.63) is 0 Å². The molecule has 0 aliphatic carbocycles. The molecule has 0 radical (unpaired) electrons. The van der Waals surface area contributed by atoms with Crippen molar-refractivity contribution in [1.29, 1.82) is 0 Å². The number of hydrogen-bond acceptors (Lipinski definition) is 4. The molecular weight excluding hydrogens is 238 g/mol.